The van der Waals surface area contributed by atoms with E-state index in [1.165, 1.54) is 30.5 Å². The molecule has 0 spiro atoms. The number of nitrogens with zero attached hydrogens (tertiary/aromatic N) is 3. The maximum atomic E-state index is 10.8. The Bertz CT molecular complexity index is 704. The summed E-state index contributed by atoms with van der Waals surface area (Å²) in [6.45, 7) is 0.214. The number of nitrogens with two attached hydrogens (primary N) is 1. The maximum absolute atomic E-state index is 10.8. The minimum absolute atomic E-state index is 0.123. The van der Waals surface area contributed by atoms with E-state index in [1.54, 1.807) is 0 Å². The van der Waals surface area contributed by atoms with E-state index in [4.69, 9.17) is 10.8 Å². The Balaban J connectivity index is 2.10. The number of aromatic carboxylic acids is 1. The Labute approximate surface area is 118 Å². The monoisotopic (exact) mass is 289 g/mol. The standard InChI is InChI=1S/C12H11N5O4/c13-11-9(17(20)21)1-2-10(16-11)15-6-8-5-7(12(18)19)3-4-14-8/h1-5H,6H2,(H,18,19)(H3,13,15,16). The summed E-state index contributed by atoms with van der Waals surface area (Å²) in [5, 5.41) is 22.4. The largest absolute Gasteiger partial charge is 0.478 e. The van der Waals surface area contributed by atoms with Crippen molar-refractivity contribution in [2.45, 2.75) is 6.54 Å². The number of hydrogen-bond acceptors (Lipinski definition) is 7. The van der Waals surface area contributed by atoms with Crippen molar-refractivity contribution in [1.29, 1.82) is 0 Å². The molecule has 0 bridgehead atoms. The van der Waals surface area contributed by atoms with Gasteiger partial charge in [-0.05, 0) is 18.2 Å². The second-order valence-corrected chi connectivity index (χ2v) is 4.05. The van der Waals surface area contributed by atoms with Crippen molar-refractivity contribution in [1.82, 2.24) is 9.97 Å². The lowest BCUT2D eigenvalue weighted by molar-refractivity contribution is -0.384. The topological polar surface area (TPSA) is 144 Å². The normalized spacial score (nSPS) is 10.1. The number of rotatable bonds is 5. The van der Waals surface area contributed by atoms with Gasteiger partial charge in [-0.1, -0.05) is 0 Å². The van der Waals surface area contributed by atoms with Crippen molar-refractivity contribution in [2.75, 3.05) is 11.1 Å². The molecule has 0 aliphatic rings. The molecule has 108 valence electrons. The fourth-order valence-electron chi connectivity index (χ4n) is 1.61. The first kappa shape index (κ1) is 14.2. The predicted molar refractivity (Wildman–Crippen MR) is 73.8 cm³/mol. The molecule has 0 aromatic carbocycles. The van der Waals surface area contributed by atoms with E-state index < -0.39 is 10.9 Å². The first-order valence-corrected chi connectivity index (χ1v) is 5.80. The number of nitrogens with one attached hydrogen (secondary N) is 1. The van der Waals surface area contributed by atoms with E-state index in [0.717, 1.165) is 0 Å². The van der Waals surface area contributed by atoms with Crippen LogP contribution in [0.4, 0.5) is 17.3 Å². The molecule has 4 N–H and O–H groups in total. The smallest absolute Gasteiger partial charge is 0.335 e. The number of carboxylic acid groups (broad SMARTS) is 1. The van der Waals surface area contributed by atoms with Crippen molar-refractivity contribution >= 4 is 23.3 Å². The molecule has 0 radical (unpaired) electrons. The zero-order chi connectivity index (χ0) is 15.4. The highest BCUT2D eigenvalue weighted by molar-refractivity contribution is 5.87. The van der Waals surface area contributed by atoms with E-state index in [2.05, 4.69) is 15.3 Å². The van der Waals surface area contributed by atoms with Crippen LogP contribution in [0.3, 0.4) is 0 Å². The Kier molecular flexibility index (Phi) is 3.93. The van der Waals surface area contributed by atoms with Gasteiger partial charge in [-0.3, -0.25) is 15.1 Å². The summed E-state index contributed by atoms with van der Waals surface area (Å²) in [4.78, 5) is 28.7. The van der Waals surface area contributed by atoms with E-state index >= 15 is 0 Å². The molecule has 2 heterocycles. The Hall–Kier alpha value is -3.23. The van der Waals surface area contributed by atoms with E-state index in [-0.39, 0.29) is 23.6 Å². The highest BCUT2D eigenvalue weighted by Crippen LogP contribution is 2.20. The molecule has 9 nitrogen and oxygen atoms in total. The van der Waals surface area contributed by atoms with Crippen molar-refractivity contribution in [3.05, 3.63) is 51.8 Å². The van der Waals surface area contributed by atoms with Crippen LogP contribution in [0.15, 0.2) is 30.5 Å². The fraction of sp³-hybridized carbons (Fsp3) is 0.0833. The highest BCUT2D eigenvalue weighted by Gasteiger charge is 2.12. The van der Waals surface area contributed by atoms with Gasteiger partial charge in [0.25, 0.3) is 0 Å². The van der Waals surface area contributed by atoms with Gasteiger partial charge in [0.1, 0.15) is 5.82 Å². The molecule has 0 atom stereocenters. The molecule has 2 rings (SSSR count). The molecule has 0 amide bonds. The number of aromatic nitrogens is 2. The lowest BCUT2D eigenvalue weighted by atomic mass is 10.2. The first-order valence-electron chi connectivity index (χ1n) is 5.80. The molecule has 0 saturated carbocycles. The summed E-state index contributed by atoms with van der Waals surface area (Å²) in [5.41, 5.74) is 5.81. The predicted octanol–water partition coefficient (Wildman–Crippen LogP) is 1.28. The second kappa shape index (κ2) is 5.82. The molecule has 2 aromatic rings. The van der Waals surface area contributed by atoms with Gasteiger partial charge in [-0.15, -0.1) is 0 Å². The molecular formula is C12H11N5O4. The Morgan fingerprint density at radius 2 is 2.19 bits per heavy atom. The van der Waals surface area contributed by atoms with Crippen molar-refractivity contribution in [3.8, 4) is 0 Å². The minimum Gasteiger partial charge on any atom is -0.478 e. The third-order valence-electron chi connectivity index (χ3n) is 2.61. The zero-order valence-corrected chi connectivity index (χ0v) is 10.7. The van der Waals surface area contributed by atoms with Crippen molar-refractivity contribution < 1.29 is 14.8 Å². The van der Waals surface area contributed by atoms with Crippen LogP contribution >= 0.6 is 0 Å². The second-order valence-electron chi connectivity index (χ2n) is 4.05. The summed E-state index contributed by atoms with van der Waals surface area (Å²) >= 11 is 0. The average Bonchev–Trinajstić information content (AvgIpc) is 2.45. The molecule has 0 aliphatic carbocycles. The summed E-state index contributed by atoms with van der Waals surface area (Å²) in [6.07, 6.45) is 1.39. The van der Waals surface area contributed by atoms with Crippen LogP contribution in [0.1, 0.15) is 16.1 Å². The van der Waals surface area contributed by atoms with E-state index in [0.29, 0.717) is 11.5 Å². The number of carbonyl (C=O) groups is 1. The van der Waals surface area contributed by atoms with Crippen LogP contribution < -0.4 is 11.1 Å². The maximum Gasteiger partial charge on any atom is 0.335 e. The number of hydrogen-bond donors (Lipinski definition) is 3. The molecule has 21 heavy (non-hydrogen) atoms. The summed E-state index contributed by atoms with van der Waals surface area (Å²) in [6, 6.07) is 5.46. The third kappa shape index (κ3) is 3.41. The van der Waals surface area contributed by atoms with Crippen LogP contribution in [-0.4, -0.2) is 26.0 Å². The van der Waals surface area contributed by atoms with Gasteiger partial charge in [0, 0.05) is 12.3 Å². The first-order chi connectivity index (χ1) is 9.97. The van der Waals surface area contributed by atoms with Crippen LogP contribution in [0, 0.1) is 10.1 Å². The lowest BCUT2D eigenvalue weighted by Gasteiger charge is -2.06. The number of nitro groups is 1. The van der Waals surface area contributed by atoms with Gasteiger partial charge in [-0.25, -0.2) is 9.78 Å². The van der Waals surface area contributed by atoms with Crippen LogP contribution in [-0.2, 0) is 6.54 Å². The number of carboxylic acids is 1. The highest BCUT2D eigenvalue weighted by atomic mass is 16.6. The molecular weight excluding hydrogens is 278 g/mol. The lowest BCUT2D eigenvalue weighted by Crippen LogP contribution is -2.07. The number of anilines is 2. The molecule has 2 aromatic heterocycles. The summed E-state index contributed by atoms with van der Waals surface area (Å²) in [7, 11) is 0. The van der Waals surface area contributed by atoms with Gasteiger partial charge in [0.15, 0.2) is 0 Å². The fourth-order valence-corrected chi connectivity index (χ4v) is 1.61. The summed E-state index contributed by atoms with van der Waals surface area (Å²) < 4.78 is 0. The summed E-state index contributed by atoms with van der Waals surface area (Å²) in [5.74, 6) is -0.908. The van der Waals surface area contributed by atoms with Crippen LogP contribution in [0.2, 0.25) is 0 Å². The average molecular weight is 289 g/mol. The van der Waals surface area contributed by atoms with Crippen LogP contribution in [0.5, 0.6) is 0 Å². The van der Waals surface area contributed by atoms with Crippen molar-refractivity contribution in [3.63, 3.8) is 0 Å². The van der Waals surface area contributed by atoms with Gasteiger partial charge in [0.05, 0.1) is 22.7 Å². The van der Waals surface area contributed by atoms with E-state index in [1.807, 2.05) is 0 Å². The minimum atomic E-state index is -1.05. The molecule has 0 saturated heterocycles. The third-order valence-corrected chi connectivity index (χ3v) is 2.61. The quantitative estimate of drug-likeness (QED) is 0.551. The molecule has 0 unspecified atom stereocenters. The number of pyridine rings is 2. The SMILES string of the molecule is Nc1nc(NCc2cc(C(=O)O)ccn2)ccc1[N+](=O)[O-]. The number of nitrogen functional groups attached to an aromatic ring is 1. The van der Waals surface area contributed by atoms with Crippen molar-refractivity contribution in [2.24, 2.45) is 0 Å². The van der Waals surface area contributed by atoms with Gasteiger partial charge >= 0.3 is 11.7 Å². The van der Waals surface area contributed by atoms with E-state index in [9.17, 15) is 14.9 Å². The molecule has 0 fully saturated rings. The van der Waals surface area contributed by atoms with Crippen LogP contribution in [0.25, 0.3) is 0 Å². The van der Waals surface area contributed by atoms with Gasteiger partial charge in [-0.2, -0.15) is 0 Å². The van der Waals surface area contributed by atoms with Gasteiger partial charge in [0.2, 0.25) is 5.82 Å². The molecule has 0 aliphatic heterocycles. The molecule has 9 heteroatoms. The van der Waals surface area contributed by atoms with Gasteiger partial charge < -0.3 is 16.2 Å². The Morgan fingerprint density at radius 1 is 1.43 bits per heavy atom. The Morgan fingerprint density at radius 3 is 2.81 bits per heavy atom. The zero-order valence-electron chi connectivity index (χ0n) is 10.7.